The van der Waals surface area contributed by atoms with E-state index in [-0.39, 0.29) is 18.6 Å². The fourth-order valence-corrected chi connectivity index (χ4v) is 4.16. The van der Waals surface area contributed by atoms with Gasteiger partial charge in [0.2, 0.25) is 0 Å². The van der Waals surface area contributed by atoms with E-state index in [1.807, 2.05) is 12.1 Å². The van der Waals surface area contributed by atoms with Gasteiger partial charge in [0.25, 0.3) is 5.91 Å². The molecule has 1 aromatic carbocycles. The molecule has 1 saturated heterocycles. The molecule has 1 N–H and O–H groups in total. The van der Waals surface area contributed by atoms with E-state index in [9.17, 15) is 4.79 Å². The van der Waals surface area contributed by atoms with Gasteiger partial charge in [-0.05, 0) is 61.0 Å². The van der Waals surface area contributed by atoms with Gasteiger partial charge in [0.1, 0.15) is 5.75 Å². The summed E-state index contributed by atoms with van der Waals surface area (Å²) in [5.74, 6) is 1.16. The van der Waals surface area contributed by atoms with Gasteiger partial charge in [0, 0.05) is 11.4 Å². The zero-order chi connectivity index (χ0) is 18.4. The number of hydrogen-bond donors (Lipinski definition) is 1. The van der Waals surface area contributed by atoms with Crippen LogP contribution in [0.2, 0.25) is 0 Å². The average Bonchev–Trinajstić information content (AvgIpc) is 3.35. The highest BCUT2D eigenvalue weighted by Crippen LogP contribution is 2.27. The molecule has 0 bridgehead atoms. The lowest BCUT2D eigenvalue weighted by molar-refractivity contribution is -0.123. The molecular weight excluding hydrogens is 344 g/mol. The van der Waals surface area contributed by atoms with Crippen LogP contribution in [0.5, 0.6) is 5.75 Å². The van der Waals surface area contributed by atoms with Crippen molar-refractivity contribution in [2.45, 2.75) is 38.6 Å². The number of nitrogens with one attached hydrogen (secondary N) is 1. The predicted molar refractivity (Wildman–Crippen MR) is 107 cm³/mol. The third-order valence-corrected chi connectivity index (χ3v) is 5.84. The molecule has 140 valence electrons. The molecule has 1 aromatic heterocycles. The number of thiophene rings is 1. The van der Waals surface area contributed by atoms with Crippen molar-refractivity contribution in [3.63, 3.8) is 0 Å². The number of hydrogen-bond acceptors (Lipinski definition) is 4. The molecular formula is C21H28N2O2S. The molecule has 26 heavy (non-hydrogen) atoms. The van der Waals surface area contributed by atoms with Gasteiger partial charge in [-0.15, -0.1) is 11.3 Å². The first-order valence-corrected chi connectivity index (χ1v) is 10.3. The van der Waals surface area contributed by atoms with Crippen LogP contribution in [0.4, 0.5) is 0 Å². The summed E-state index contributed by atoms with van der Waals surface area (Å²) < 4.78 is 5.63. The summed E-state index contributed by atoms with van der Waals surface area (Å²) in [6.45, 7) is 7.23. The number of ether oxygens (including phenoxy) is 1. The summed E-state index contributed by atoms with van der Waals surface area (Å²) in [5, 5.41) is 5.15. The number of carbonyl (C=O) groups is 1. The molecule has 0 saturated carbocycles. The van der Waals surface area contributed by atoms with Crippen LogP contribution in [0, 0.1) is 0 Å². The smallest absolute Gasteiger partial charge is 0.258 e. The van der Waals surface area contributed by atoms with Crippen LogP contribution in [0.3, 0.4) is 0 Å². The highest BCUT2D eigenvalue weighted by atomic mass is 32.1. The average molecular weight is 373 g/mol. The Labute approximate surface area is 160 Å². The summed E-state index contributed by atoms with van der Waals surface area (Å²) in [5.41, 5.74) is 1.27. The van der Waals surface area contributed by atoms with Gasteiger partial charge in [-0.3, -0.25) is 9.69 Å². The van der Waals surface area contributed by atoms with Crippen LogP contribution < -0.4 is 10.1 Å². The maximum atomic E-state index is 12.2. The number of amides is 1. The van der Waals surface area contributed by atoms with Gasteiger partial charge in [-0.25, -0.2) is 0 Å². The summed E-state index contributed by atoms with van der Waals surface area (Å²) in [4.78, 5) is 16.0. The Kier molecular flexibility index (Phi) is 6.69. The first-order valence-electron chi connectivity index (χ1n) is 9.40. The van der Waals surface area contributed by atoms with Crippen LogP contribution >= 0.6 is 11.3 Å². The number of benzene rings is 1. The molecule has 4 nitrogen and oxygen atoms in total. The second kappa shape index (κ2) is 9.19. The van der Waals surface area contributed by atoms with E-state index < -0.39 is 0 Å². The largest absolute Gasteiger partial charge is 0.484 e. The summed E-state index contributed by atoms with van der Waals surface area (Å²) >= 11 is 1.76. The zero-order valence-electron chi connectivity index (χ0n) is 15.6. The molecule has 1 amide bonds. The number of carbonyl (C=O) groups excluding carboxylic acids is 1. The minimum absolute atomic E-state index is 0.0538. The fraction of sp³-hybridized carbons (Fsp3) is 0.476. The van der Waals surface area contributed by atoms with Crippen molar-refractivity contribution in [2.75, 3.05) is 26.2 Å². The molecule has 1 aliphatic rings. The number of rotatable bonds is 8. The lowest BCUT2D eigenvalue weighted by Crippen LogP contribution is -2.38. The van der Waals surface area contributed by atoms with Crippen LogP contribution in [-0.4, -0.2) is 37.0 Å². The summed E-state index contributed by atoms with van der Waals surface area (Å²) in [6.07, 6.45) is 2.48. The van der Waals surface area contributed by atoms with E-state index in [1.54, 1.807) is 11.3 Å². The quantitative estimate of drug-likeness (QED) is 0.755. The highest BCUT2D eigenvalue weighted by molar-refractivity contribution is 7.10. The Balaban J connectivity index is 1.49. The second-order valence-corrected chi connectivity index (χ2v) is 8.07. The van der Waals surface area contributed by atoms with Crippen LogP contribution in [-0.2, 0) is 4.79 Å². The van der Waals surface area contributed by atoms with E-state index in [2.05, 4.69) is 53.7 Å². The van der Waals surface area contributed by atoms with Gasteiger partial charge in [-0.1, -0.05) is 32.0 Å². The predicted octanol–water partition coefficient (Wildman–Crippen LogP) is 4.20. The topological polar surface area (TPSA) is 41.6 Å². The summed E-state index contributed by atoms with van der Waals surface area (Å²) in [6, 6.07) is 12.5. The maximum absolute atomic E-state index is 12.2. The van der Waals surface area contributed by atoms with Crippen molar-refractivity contribution in [3.05, 3.63) is 52.2 Å². The zero-order valence-corrected chi connectivity index (χ0v) is 16.4. The van der Waals surface area contributed by atoms with Crippen molar-refractivity contribution >= 4 is 17.2 Å². The summed E-state index contributed by atoms with van der Waals surface area (Å²) in [7, 11) is 0. The lowest BCUT2D eigenvalue weighted by atomic mass is 10.0. The molecule has 0 aliphatic carbocycles. The van der Waals surface area contributed by atoms with Crippen molar-refractivity contribution in [2.24, 2.45) is 0 Å². The minimum atomic E-state index is -0.0707. The van der Waals surface area contributed by atoms with Gasteiger partial charge < -0.3 is 10.1 Å². The first-order chi connectivity index (χ1) is 12.6. The Morgan fingerprint density at radius 1 is 1.19 bits per heavy atom. The van der Waals surface area contributed by atoms with E-state index >= 15 is 0 Å². The first kappa shape index (κ1) is 18.9. The number of likely N-dealkylation sites (tertiary alicyclic amines) is 1. The van der Waals surface area contributed by atoms with Gasteiger partial charge in [0.15, 0.2) is 6.61 Å². The molecule has 0 spiro atoms. The van der Waals surface area contributed by atoms with Crippen LogP contribution in [0.1, 0.15) is 49.1 Å². The SMILES string of the molecule is CC(C)c1ccc(OCC(=O)NC[C@@H](c2cccs2)N2CCCC2)cc1. The highest BCUT2D eigenvalue weighted by Gasteiger charge is 2.24. The molecule has 2 aromatic rings. The van der Waals surface area contributed by atoms with E-state index in [0.717, 1.165) is 18.8 Å². The monoisotopic (exact) mass is 372 g/mol. The van der Waals surface area contributed by atoms with Gasteiger partial charge in [-0.2, -0.15) is 0 Å². The van der Waals surface area contributed by atoms with E-state index in [1.165, 1.54) is 23.3 Å². The Morgan fingerprint density at radius 3 is 2.54 bits per heavy atom. The second-order valence-electron chi connectivity index (χ2n) is 7.09. The van der Waals surface area contributed by atoms with Crippen molar-refractivity contribution in [1.82, 2.24) is 10.2 Å². The maximum Gasteiger partial charge on any atom is 0.258 e. The molecule has 1 fully saturated rings. The van der Waals surface area contributed by atoms with Crippen molar-refractivity contribution < 1.29 is 9.53 Å². The normalized spacial score (nSPS) is 16.0. The number of nitrogens with zero attached hydrogens (tertiary/aromatic N) is 1. The molecule has 0 unspecified atom stereocenters. The lowest BCUT2D eigenvalue weighted by Gasteiger charge is -2.26. The van der Waals surface area contributed by atoms with Gasteiger partial charge in [0.05, 0.1) is 6.04 Å². The Bertz CT molecular complexity index is 677. The fourth-order valence-electron chi connectivity index (χ4n) is 3.30. The van der Waals surface area contributed by atoms with Crippen molar-refractivity contribution in [1.29, 1.82) is 0 Å². The van der Waals surface area contributed by atoms with E-state index in [4.69, 9.17) is 4.74 Å². The molecule has 3 rings (SSSR count). The third-order valence-electron chi connectivity index (χ3n) is 4.86. The van der Waals surface area contributed by atoms with Gasteiger partial charge >= 0.3 is 0 Å². The molecule has 5 heteroatoms. The molecule has 2 heterocycles. The molecule has 1 aliphatic heterocycles. The third kappa shape index (κ3) is 5.08. The minimum Gasteiger partial charge on any atom is -0.484 e. The molecule has 0 radical (unpaired) electrons. The Morgan fingerprint density at radius 2 is 1.92 bits per heavy atom. The standard InChI is InChI=1S/C21H28N2O2S/c1-16(2)17-7-9-18(10-8-17)25-15-21(24)22-14-19(20-6-5-13-26-20)23-11-3-4-12-23/h5-10,13,16,19H,3-4,11-12,14-15H2,1-2H3,(H,22,24)/t19-/m0/s1. The van der Waals surface area contributed by atoms with Crippen LogP contribution in [0.25, 0.3) is 0 Å². The molecule has 1 atom stereocenters. The van der Waals surface area contributed by atoms with E-state index in [0.29, 0.717) is 12.5 Å². The van der Waals surface area contributed by atoms with Crippen LogP contribution in [0.15, 0.2) is 41.8 Å². The Hall–Kier alpha value is -1.85. The van der Waals surface area contributed by atoms with Crippen molar-refractivity contribution in [3.8, 4) is 5.75 Å².